The summed E-state index contributed by atoms with van der Waals surface area (Å²) in [5, 5.41) is 6.43. The van der Waals surface area contributed by atoms with Gasteiger partial charge in [0.05, 0.1) is 4.53 Å². The van der Waals surface area contributed by atoms with Gasteiger partial charge in [-0.15, -0.1) is 16.4 Å². The zero-order valence-electron chi connectivity index (χ0n) is 12.9. The highest BCUT2D eigenvalue weighted by Gasteiger charge is 2.59. The minimum absolute atomic E-state index is 0.0129. The molecule has 24 heavy (non-hydrogen) atoms. The quantitative estimate of drug-likeness (QED) is 0.674. The van der Waals surface area contributed by atoms with Crippen LogP contribution >= 0.6 is 45.9 Å². The van der Waals surface area contributed by atoms with Crippen molar-refractivity contribution >= 4 is 56.9 Å². The highest BCUT2D eigenvalue weighted by molar-refractivity contribution is 7.15. The minimum atomic E-state index is -0.122. The van der Waals surface area contributed by atoms with Gasteiger partial charge in [0.15, 0.2) is 5.82 Å². The molecule has 2 atom stereocenters. The fourth-order valence-electron chi connectivity index (χ4n) is 3.10. The number of allylic oxidation sites excluding steroid dienone is 1. The van der Waals surface area contributed by atoms with Crippen LogP contribution in [0.4, 0.5) is 0 Å². The van der Waals surface area contributed by atoms with Crippen LogP contribution < -0.4 is 10.1 Å². The molecular formula is C16H13Cl2N3OS2. The Hall–Kier alpha value is -1.21. The first-order valence-corrected chi connectivity index (χ1v) is 9.80. The van der Waals surface area contributed by atoms with Crippen molar-refractivity contribution in [3.8, 4) is 0 Å². The Balaban J connectivity index is 1.74. The highest BCUT2D eigenvalue weighted by Crippen LogP contribution is 2.64. The van der Waals surface area contributed by atoms with E-state index in [1.165, 1.54) is 15.9 Å². The zero-order chi connectivity index (χ0) is 17.1. The molecule has 3 aromatic heterocycles. The summed E-state index contributed by atoms with van der Waals surface area (Å²) in [6.07, 6.45) is 3.71. The molecule has 0 amide bonds. The summed E-state index contributed by atoms with van der Waals surface area (Å²) in [7, 11) is 0. The van der Waals surface area contributed by atoms with Gasteiger partial charge in [-0.05, 0) is 34.9 Å². The Labute approximate surface area is 156 Å². The molecule has 0 saturated heterocycles. The van der Waals surface area contributed by atoms with Crippen LogP contribution in [-0.4, -0.2) is 14.6 Å². The normalized spacial score (nSPS) is 22.9. The maximum Gasteiger partial charge on any atom is 0.291 e. The molecule has 1 saturated carbocycles. The van der Waals surface area contributed by atoms with Gasteiger partial charge < -0.3 is 0 Å². The lowest BCUT2D eigenvalue weighted by atomic mass is 10.1. The molecule has 0 radical (unpaired) electrons. The predicted molar refractivity (Wildman–Crippen MR) is 100 cm³/mol. The molecule has 3 aromatic rings. The average molecular weight is 398 g/mol. The second-order valence-electron chi connectivity index (χ2n) is 6.38. The van der Waals surface area contributed by atoms with E-state index in [4.69, 9.17) is 23.2 Å². The lowest BCUT2D eigenvalue weighted by Gasteiger charge is -1.97. The number of thiazole rings is 1. The minimum Gasteiger partial charge on any atom is -0.266 e. The number of halogens is 2. The predicted octanol–water partition coefficient (Wildman–Crippen LogP) is 3.82. The molecule has 3 heterocycles. The van der Waals surface area contributed by atoms with E-state index in [1.807, 2.05) is 29.7 Å². The van der Waals surface area contributed by atoms with Gasteiger partial charge >= 0.3 is 0 Å². The largest absolute Gasteiger partial charge is 0.291 e. The lowest BCUT2D eigenvalue weighted by molar-refractivity contribution is 0.585. The highest BCUT2D eigenvalue weighted by atomic mass is 35.5. The topological polar surface area (TPSA) is 47.3 Å². The van der Waals surface area contributed by atoms with Crippen molar-refractivity contribution in [2.24, 2.45) is 11.3 Å². The van der Waals surface area contributed by atoms with E-state index in [9.17, 15) is 4.79 Å². The van der Waals surface area contributed by atoms with E-state index in [-0.39, 0.29) is 27.3 Å². The summed E-state index contributed by atoms with van der Waals surface area (Å²) in [4.78, 5) is 18.8. The third-order valence-corrected chi connectivity index (χ3v) is 6.54. The number of thiophene rings is 1. The summed E-state index contributed by atoms with van der Waals surface area (Å²) in [5.74, 6) is 0.995. The SMILES string of the molecule is CC1(C)C(C=C(Cl)Cl)C1c1nc2sc(=Cc3cccs3)c(=O)n2n1. The first kappa shape index (κ1) is 16.3. The smallest absolute Gasteiger partial charge is 0.266 e. The third kappa shape index (κ3) is 2.62. The molecular weight excluding hydrogens is 385 g/mol. The molecule has 1 aliphatic rings. The number of rotatable bonds is 3. The second kappa shape index (κ2) is 5.66. The van der Waals surface area contributed by atoms with Gasteiger partial charge in [-0.1, -0.05) is 54.5 Å². The van der Waals surface area contributed by atoms with E-state index in [1.54, 1.807) is 11.3 Å². The van der Waals surface area contributed by atoms with Crippen molar-refractivity contribution in [3.63, 3.8) is 0 Å². The molecule has 1 fully saturated rings. The summed E-state index contributed by atoms with van der Waals surface area (Å²) >= 11 is 14.5. The Bertz CT molecular complexity index is 1050. The van der Waals surface area contributed by atoms with E-state index in [0.29, 0.717) is 15.3 Å². The van der Waals surface area contributed by atoms with Gasteiger partial charge in [-0.25, -0.2) is 4.98 Å². The number of fused-ring (bicyclic) bond motifs is 1. The molecule has 4 rings (SSSR count). The van der Waals surface area contributed by atoms with E-state index in [2.05, 4.69) is 23.9 Å². The molecule has 0 aromatic carbocycles. The second-order valence-corrected chi connectivity index (χ2v) is 9.37. The van der Waals surface area contributed by atoms with E-state index < -0.39 is 0 Å². The van der Waals surface area contributed by atoms with Crippen molar-refractivity contribution in [1.29, 1.82) is 0 Å². The maximum atomic E-state index is 12.5. The standard InChI is InChI=1S/C16H13Cl2N3OS2/c1-16(2)9(7-11(17)18)12(16)13-19-15-21(20-13)14(22)10(24-15)6-8-4-3-5-23-8/h3-7,9,12H,1-2H3. The summed E-state index contributed by atoms with van der Waals surface area (Å²) in [6.45, 7) is 4.25. The van der Waals surface area contributed by atoms with Crippen LogP contribution in [0.2, 0.25) is 0 Å². The molecule has 1 aliphatic carbocycles. The fourth-order valence-corrected chi connectivity index (χ4v) is 5.01. The summed E-state index contributed by atoms with van der Waals surface area (Å²) in [6, 6.07) is 3.94. The molecule has 0 spiro atoms. The Morgan fingerprint density at radius 1 is 1.42 bits per heavy atom. The molecule has 4 nitrogen and oxygen atoms in total. The van der Waals surface area contributed by atoms with Crippen LogP contribution in [0.5, 0.6) is 0 Å². The summed E-state index contributed by atoms with van der Waals surface area (Å²) in [5.41, 5.74) is -0.135. The molecule has 124 valence electrons. The van der Waals surface area contributed by atoms with Gasteiger partial charge in [-0.2, -0.15) is 4.52 Å². The fraction of sp³-hybridized carbons (Fsp3) is 0.312. The van der Waals surface area contributed by atoms with Crippen LogP contribution in [-0.2, 0) is 0 Å². The number of hydrogen-bond acceptors (Lipinski definition) is 5. The zero-order valence-corrected chi connectivity index (χ0v) is 16.0. The molecule has 0 N–H and O–H groups in total. The van der Waals surface area contributed by atoms with Gasteiger partial charge in [0.1, 0.15) is 4.49 Å². The number of nitrogens with zero attached hydrogens (tertiary/aromatic N) is 3. The molecule has 0 aliphatic heterocycles. The van der Waals surface area contributed by atoms with Crippen molar-refractivity contribution in [2.45, 2.75) is 19.8 Å². The number of hydrogen-bond donors (Lipinski definition) is 0. The van der Waals surface area contributed by atoms with Crippen LogP contribution in [0.1, 0.15) is 30.5 Å². The summed E-state index contributed by atoms with van der Waals surface area (Å²) < 4.78 is 2.31. The lowest BCUT2D eigenvalue weighted by Crippen LogP contribution is -2.23. The molecule has 2 unspecified atom stereocenters. The Morgan fingerprint density at radius 2 is 2.21 bits per heavy atom. The third-order valence-electron chi connectivity index (χ3n) is 4.51. The average Bonchev–Trinajstić information content (AvgIpc) is 2.99. The molecule has 0 bridgehead atoms. The van der Waals surface area contributed by atoms with Gasteiger partial charge in [-0.3, -0.25) is 4.79 Å². The maximum absolute atomic E-state index is 12.5. The first-order chi connectivity index (χ1) is 11.4. The van der Waals surface area contributed by atoms with Gasteiger partial charge in [0, 0.05) is 10.8 Å². The van der Waals surface area contributed by atoms with Crippen molar-refractivity contribution in [2.75, 3.05) is 0 Å². The monoisotopic (exact) mass is 397 g/mol. The van der Waals surface area contributed by atoms with Crippen molar-refractivity contribution in [1.82, 2.24) is 14.6 Å². The van der Waals surface area contributed by atoms with Gasteiger partial charge in [0.25, 0.3) is 5.56 Å². The Morgan fingerprint density at radius 3 is 2.83 bits per heavy atom. The Kier molecular flexibility index (Phi) is 3.84. The van der Waals surface area contributed by atoms with Crippen LogP contribution in [0.25, 0.3) is 11.0 Å². The molecule has 8 heteroatoms. The van der Waals surface area contributed by atoms with Gasteiger partial charge in [0.2, 0.25) is 4.96 Å². The van der Waals surface area contributed by atoms with E-state index in [0.717, 1.165) is 4.88 Å². The number of aromatic nitrogens is 3. The first-order valence-electron chi connectivity index (χ1n) is 7.35. The van der Waals surface area contributed by atoms with Crippen LogP contribution in [0.15, 0.2) is 32.9 Å². The van der Waals surface area contributed by atoms with Crippen molar-refractivity contribution < 1.29 is 0 Å². The van der Waals surface area contributed by atoms with E-state index >= 15 is 0 Å². The van der Waals surface area contributed by atoms with Crippen LogP contribution in [0, 0.1) is 11.3 Å². The van der Waals surface area contributed by atoms with Crippen molar-refractivity contribution in [3.05, 3.63) is 53.7 Å². The van der Waals surface area contributed by atoms with Crippen LogP contribution in [0.3, 0.4) is 0 Å².